The molecule has 4 rings (SSSR count). The van der Waals surface area contributed by atoms with E-state index < -0.39 is 24.3 Å². The first-order chi connectivity index (χ1) is 19.1. The van der Waals surface area contributed by atoms with Gasteiger partial charge in [0, 0.05) is 32.7 Å². The summed E-state index contributed by atoms with van der Waals surface area (Å²) in [5, 5.41) is 14.2. The molecule has 1 aromatic heterocycles. The minimum Gasteiger partial charge on any atom is -0.475 e. The van der Waals surface area contributed by atoms with E-state index in [1.165, 1.54) is 18.4 Å². The Bertz CT molecular complexity index is 1060. The van der Waals surface area contributed by atoms with Crippen molar-refractivity contribution in [1.29, 1.82) is 0 Å². The van der Waals surface area contributed by atoms with Gasteiger partial charge < -0.3 is 19.4 Å². The maximum atomic E-state index is 13.1. The number of likely N-dealkylation sites (tertiary alicyclic amines) is 2. The first kappa shape index (κ1) is 34.0. The number of ether oxygens (including phenoxy) is 1. The second-order valence-corrected chi connectivity index (χ2v) is 9.77. The summed E-state index contributed by atoms with van der Waals surface area (Å²) < 4.78 is 87.7. The van der Waals surface area contributed by atoms with E-state index in [1.807, 2.05) is 25.3 Å². The average molecular weight is 601 g/mol. The van der Waals surface area contributed by atoms with Crippen LogP contribution < -0.4 is 0 Å². The molecule has 1 aromatic carbocycles. The van der Waals surface area contributed by atoms with Crippen molar-refractivity contribution in [2.24, 2.45) is 11.3 Å². The Balaban J connectivity index is 0.000000349. The number of alkyl halides is 6. The van der Waals surface area contributed by atoms with Crippen molar-refractivity contribution >= 4 is 11.9 Å². The van der Waals surface area contributed by atoms with Crippen LogP contribution in [0.1, 0.15) is 24.2 Å². The molecule has 8 nitrogen and oxygen atoms in total. The number of methoxy groups -OCH3 is 1. The topological polar surface area (TPSA) is 103 Å². The van der Waals surface area contributed by atoms with Crippen LogP contribution in [0.4, 0.5) is 30.7 Å². The van der Waals surface area contributed by atoms with Crippen molar-refractivity contribution in [2.45, 2.75) is 38.3 Å². The zero-order chi connectivity index (χ0) is 30.8. The molecular weight excluding hydrogens is 569 g/mol. The SMILES string of the molecule is COCC1CN(Cc2ccco2)CC12CCN(Cc1ccc(F)cc1)CC2.O=C(O)C(F)(F)F.O=C(O)C(F)(F)F. The number of benzene rings is 1. The fraction of sp³-hybridized carbons (Fsp3) is 0.538. The second kappa shape index (κ2) is 14.6. The Morgan fingerprint density at radius 2 is 1.49 bits per heavy atom. The summed E-state index contributed by atoms with van der Waals surface area (Å²) in [7, 11) is 1.81. The lowest BCUT2D eigenvalue weighted by Crippen LogP contribution is -2.44. The van der Waals surface area contributed by atoms with Crippen LogP contribution in [0.25, 0.3) is 0 Å². The van der Waals surface area contributed by atoms with Gasteiger partial charge in [0.15, 0.2) is 0 Å². The maximum Gasteiger partial charge on any atom is 0.490 e. The van der Waals surface area contributed by atoms with E-state index in [0.29, 0.717) is 11.3 Å². The highest BCUT2D eigenvalue weighted by atomic mass is 19.4. The van der Waals surface area contributed by atoms with Gasteiger partial charge in [0.1, 0.15) is 11.6 Å². The lowest BCUT2D eigenvalue weighted by Gasteiger charge is -2.42. The number of hydrogen-bond donors (Lipinski definition) is 2. The molecule has 2 N–H and O–H groups in total. The van der Waals surface area contributed by atoms with Crippen molar-refractivity contribution < 1.29 is 59.7 Å². The lowest BCUT2D eigenvalue weighted by molar-refractivity contribution is -0.193. The quantitative estimate of drug-likeness (QED) is 0.445. The number of carboxylic acid groups (broad SMARTS) is 2. The van der Waals surface area contributed by atoms with Crippen LogP contribution >= 0.6 is 0 Å². The molecule has 1 atom stereocenters. The van der Waals surface area contributed by atoms with Crippen LogP contribution in [-0.2, 0) is 27.4 Å². The van der Waals surface area contributed by atoms with Gasteiger partial charge in [0.25, 0.3) is 0 Å². The molecule has 2 fully saturated rings. The van der Waals surface area contributed by atoms with E-state index in [-0.39, 0.29) is 5.82 Å². The van der Waals surface area contributed by atoms with Gasteiger partial charge in [-0.15, -0.1) is 0 Å². The molecule has 2 aromatic rings. The number of furan rings is 1. The van der Waals surface area contributed by atoms with Crippen molar-refractivity contribution in [3.05, 3.63) is 59.8 Å². The third-order valence-electron chi connectivity index (χ3n) is 6.87. The number of piperidine rings is 1. The smallest absolute Gasteiger partial charge is 0.475 e. The molecule has 0 radical (unpaired) electrons. The molecule has 1 spiro atoms. The highest BCUT2D eigenvalue weighted by molar-refractivity contribution is 5.73. The molecule has 230 valence electrons. The molecule has 0 bridgehead atoms. The van der Waals surface area contributed by atoms with Gasteiger partial charge >= 0.3 is 24.3 Å². The van der Waals surface area contributed by atoms with Crippen LogP contribution in [0, 0.1) is 17.2 Å². The molecule has 41 heavy (non-hydrogen) atoms. The predicted octanol–water partition coefficient (Wildman–Crippen LogP) is 5.05. The van der Waals surface area contributed by atoms with E-state index >= 15 is 0 Å². The first-order valence-corrected chi connectivity index (χ1v) is 12.4. The highest BCUT2D eigenvalue weighted by Gasteiger charge is 2.47. The monoisotopic (exact) mass is 600 g/mol. The van der Waals surface area contributed by atoms with E-state index in [1.54, 1.807) is 18.4 Å². The number of nitrogens with zero attached hydrogens (tertiary/aromatic N) is 2. The van der Waals surface area contributed by atoms with Crippen molar-refractivity contribution in [2.75, 3.05) is 39.9 Å². The minimum absolute atomic E-state index is 0.165. The summed E-state index contributed by atoms with van der Waals surface area (Å²) in [5.41, 5.74) is 1.52. The van der Waals surface area contributed by atoms with Gasteiger partial charge in [0.05, 0.1) is 19.4 Å². The average Bonchev–Trinajstić information content (AvgIpc) is 3.50. The Morgan fingerprint density at radius 3 is 1.93 bits per heavy atom. The number of carboxylic acids is 2. The summed E-state index contributed by atoms with van der Waals surface area (Å²) in [6.45, 7) is 6.99. The summed E-state index contributed by atoms with van der Waals surface area (Å²) in [6.07, 6.45) is -6.03. The van der Waals surface area contributed by atoms with Crippen LogP contribution in [-0.4, -0.2) is 84.2 Å². The number of rotatable bonds is 6. The van der Waals surface area contributed by atoms with Crippen molar-refractivity contribution in [3.8, 4) is 0 Å². The Morgan fingerprint density at radius 1 is 0.951 bits per heavy atom. The zero-order valence-corrected chi connectivity index (χ0v) is 22.1. The van der Waals surface area contributed by atoms with E-state index in [4.69, 9.17) is 29.0 Å². The molecule has 0 aliphatic carbocycles. The summed E-state index contributed by atoms with van der Waals surface area (Å²) >= 11 is 0. The molecular formula is C26H31F7N2O6. The number of carbonyl (C=O) groups is 2. The minimum atomic E-state index is -5.08. The van der Waals surface area contributed by atoms with Crippen LogP contribution in [0.3, 0.4) is 0 Å². The molecule has 2 saturated heterocycles. The van der Waals surface area contributed by atoms with Crippen LogP contribution in [0.15, 0.2) is 47.1 Å². The molecule has 2 aliphatic heterocycles. The van der Waals surface area contributed by atoms with Gasteiger partial charge in [-0.2, -0.15) is 26.3 Å². The Labute approximate surface area is 231 Å². The second-order valence-electron chi connectivity index (χ2n) is 9.77. The van der Waals surface area contributed by atoms with Crippen molar-refractivity contribution in [1.82, 2.24) is 9.80 Å². The fourth-order valence-corrected chi connectivity index (χ4v) is 4.89. The molecule has 0 saturated carbocycles. The standard InChI is InChI=1S/C22H29FN2O2.2C2HF3O2/c1-26-16-19-14-25(15-21-3-2-12-27-21)17-22(19)8-10-24(11-9-22)13-18-4-6-20(23)7-5-18;2*3-2(4,5)1(6)7/h2-7,12,19H,8-11,13-17H2,1H3;2*(H,6,7). The number of aliphatic carboxylic acids is 2. The zero-order valence-electron chi connectivity index (χ0n) is 22.1. The number of halogens is 7. The third kappa shape index (κ3) is 11.0. The van der Waals surface area contributed by atoms with E-state index in [0.717, 1.165) is 51.6 Å². The van der Waals surface area contributed by atoms with Crippen molar-refractivity contribution in [3.63, 3.8) is 0 Å². The maximum absolute atomic E-state index is 13.1. The molecule has 0 amide bonds. The number of hydrogen-bond acceptors (Lipinski definition) is 6. The molecule has 3 heterocycles. The van der Waals surface area contributed by atoms with E-state index in [2.05, 4.69) is 15.9 Å². The van der Waals surface area contributed by atoms with E-state index in [9.17, 15) is 30.7 Å². The van der Waals surface area contributed by atoms with Gasteiger partial charge in [-0.05, 0) is 61.2 Å². The molecule has 15 heteroatoms. The summed E-state index contributed by atoms with van der Waals surface area (Å²) in [6, 6.07) is 10.9. The molecule has 2 aliphatic rings. The fourth-order valence-electron chi connectivity index (χ4n) is 4.89. The summed E-state index contributed by atoms with van der Waals surface area (Å²) in [4.78, 5) is 22.8. The van der Waals surface area contributed by atoms with Gasteiger partial charge in [0.2, 0.25) is 0 Å². The Kier molecular flexibility index (Phi) is 12.2. The first-order valence-electron chi connectivity index (χ1n) is 12.4. The largest absolute Gasteiger partial charge is 0.490 e. The third-order valence-corrected chi connectivity index (χ3v) is 6.87. The summed E-state index contributed by atoms with van der Waals surface area (Å²) in [5.74, 6) is -4.07. The predicted molar refractivity (Wildman–Crippen MR) is 130 cm³/mol. The van der Waals surface area contributed by atoms with Crippen LogP contribution in [0.5, 0.6) is 0 Å². The van der Waals surface area contributed by atoms with Gasteiger partial charge in [-0.25, -0.2) is 14.0 Å². The lowest BCUT2D eigenvalue weighted by atomic mass is 9.71. The highest BCUT2D eigenvalue weighted by Crippen LogP contribution is 2.45. The van der Waals surface area contributed by atoms with Crippen LogP contribution in [0.2, 0.25) is 0 Å². The Hall–Kier alpha value is -3.17. The van der Waals surface area contributed by atoms with Gasteiger partial charge in [-0.1, -0.05) is 12.1 Å². The molecule has 1 unspecified atom stereocenters. The van der Waals surface area contributed by atoms with Gasteiger partial charge in [-0.3, -0.25) is 9.80 Å². The normalized spacial score (nSPS) is 19.2.